The Morgan fingerprint density at radius 2 is 2.18 bits per heavy atom. The fourth-order valence-corrected chi connectivity index (χ4v) is 3.14. The molecule has 0 radical (unpaired) electrons. The molecule has 0 bridgehead atoms. The van der Waals surface area contributed by atoms with Crippen molar-refractivity contribution in [1.29, 1.82) is 0 Å². The molecule has 1 aromatic carbocycles. The number of hydrogen-bond acceptors (Lipinski definition) is 4. The monoisotopic (exact) mass is 324 g/mol. The Morgan fingerprint density at radius 3 is 2.77 bits per heavy atom. The zero-order valence-electron chi connectivity index (χ0n) is 12.4. The van der Waals surface area contributed by atoms with Crippen molar-refractivity contribution in [1.82, 2.24) is 5.32 Å². The number of nitrogens with two attached hydrogens (primary N) is 1. The second kappa shape index (κ2) is 6.93. The Labute approximate surface area is 130 Å². The largest absolute Gasteiger partial charge is 0.495 e. The number of carbonyl (C=O) groups is 1. The number of amides is 1. The van der Waals surface area contributed by atoms with Crippen LogP contribution in [0.25, 0.3) is 0 Å². The van der Waals surface area contributed by atoms with Crippen LogP contribution in [0, 0.1) is 5.92 Å². The van der Waals surface area contributed by atoms with Crippen molar-refractivity contribution < 1.29 is 17.9 Å². The van der Waals surface area contributed by atoms with Crippen molar-refractivity contribution in [3.8, 4) is 5.75 Å². The van der Waals surface area contributed by atoms with Crippen LogP contribution in [0.5, 0.6) is 5.75 Å². The Balaban J connectivity index is 2.11. The molecule has 0 fully saturated rings. The molecule has 1 aliphatic rings. The maximum Gasteiger partial charge on any atom is 0.251 e. The number of carbonyl (C=O) groups excluding carboxylic acids is 1. The van der Waals surface area contributed by atoms with E-state index in [0.717, 1.165) is 19.3 Å². The Hall–Kier alpha value is -1.86. The molecule has 1 unspecified atom stereocenters. The standard InChI is InChI=1S/C15H20N2O4S/c1-21-13-8-7-12(9-14(13)22(16,19)20)15(18)17-10-11-5-3-2-4-6-11/h2-3,7-9,11H,4-6,10H2,1H3,(H,17,18)(H2,16,19,20). The highest BCUT2D eigenvalue weighted by atomic mass is 32.2. The van der Waals surface area contributed by atoms with Gasteiger partial charge in [-0.1, -0.05) is 12.2 Å². The molecule has 1 atom stereocenters. The molecule has 0 saturated heterocycles. The normalized spacial score (nSPS) is 18.0. The van der Waals surface area contributed by atoms with Crippen LogP contribution in [0.3, 0.4) is 0 Å². The topological polar surface area (TPSA) is 98.5 Å². The van der Waals surface area contributed by atoms with Gasteiger partial charge in [0.05, 0.1) is 7.11 Å². The lowest BCUT2D eigenvalue weighted by Gasteiger charge is -2.18. The highest BCUT2D eigenvalue weighted by Gasteiger charge is 2.18. The van der Waals surface area contributed by atoms with Gasteiger partial charge in [0.2, 0.25) is 10.0 Å². The zero-order valence-corrected chi connectivity index (χ0v) is 13.2. The number of methoxy groups -OCH3 is 1. The van der Waals surface area contributed by atoms with Gasteiger partial charge in [-0.25, -0.2) is 13.6 Å². The average Bonchev–Trinajstić information content (AvgIpc) is 2.52. The van der Waals surface area contributed by atoms with E-state index < -0.39 is 10.0 Å². The molecule has 0 heterocycles. The summed E-state index contributed by atoms with van der Waals surface area (Å²) in [6, 6.07) is 4.19. The average molecular weight is 324 g/mol. The molecule has 0 saturated carbocycles. The second-order valence-electron chi connectivity index (χ2n) is 5.27. The smallest absolute Gasteiger partial charge is 0.251 e. The fraction of sp³-hybridized carbons (Fsp3) is 0.400. The van der Waals surface area contributed by atoms with Gasteiger partial charge in [0.15, 0.2) is 0 Å². The predicted octanol–water partition coefficient (Wildman–Crippen LogP) is 1.43. The highest BCUT2D eigenvalue weighted by Crippen LogP contribution is 2.24. The van der Waals surface area contributed by atoms with Crippen LogP contribution in [-0.2, 0) is 10.0 Å². The summed E-state index contributed by atoms with van der Waals surface area (Å²) < 4.78 is 28.1. The van der Waals surface area contributed by atoms with Gasteiger partial charge < -0.3 is 10.1 Å². The van der Waals surface area contributed by atoms with E-state index in [1.54, 1.807) is 0 Å². The number of nitrogens with one attached hydrogen (secondary N) is 1. The summed E-state index contributed by atoms with van der Waals surface area (Å²) in [5, 5.41) is 7.98. The van der Waals surface area contributed by atoms with Crippen molar-refractivity contribution >= 4 is 15.9 Å². The number of rotatable bonds is 5. The summed E-state index contributed by atoms with van der Waals surface area (Å²) >= 11 is 0. The Morgan fingerprint density at radius 1 is 1.41 bits per heavy atom. The molecule has 6 nitrogen and oxygen atoms in total. The quantitative estimate of drug-likeness (QED) is 0.800. The van der Waals surface area contributed by atoms with Gasteiger partial charge in [0.25, 0.3) is 5.91 Å². The van der Waals surface area contributed by atoms with Gasteiger partial charge in [0, 0.05) is 12.1 Å². The minimum atomic E-state index is -3.95. The number of benzene rings is 1. The van der Waals surface area contributed by atoms with Crippen LogP contribution in [-0.4, -0.2) is 28.0 Å². The van der Waals surface area contributed by atoms with Crippen molar-refractivity contribution in [3.63, 3.8) is 0 Å². The lowest BCUT2D eigenvalue weighted by atomic mass is 9.94. The lowest BCUT2D eigenvalue weighted by molar-refractivity contribution is 0.0946. The number of primary sulfonamides is 1. The van der Waals surface area contributed by atoms with Gasteiger partial charge in [0.1, 0.15) is 10.6 Å². The molecule has 7 heteroatoms. The minimum absolute atomic E-state index is 0.122. The SMILES string of the molecule is COc1ccc(C(=O)NCC2CC=CCC2)cc1S(N)(=O)=O. The maximum absolute atomic E-state index is 12.2. The molecule has 1 amide bonds. The van der Waals surface area contributed by atoms with E-state index in [-0.39, 0.29) is 22.1 Å². The lowest BCUT2D eigenvalue weighted by Crippen LogP contribution is -2.30. The van der Waals surface area contributed by atoms with Crippen LogP contribution in [0.1, 0.15) is 29.6 Å². The Bertz CT molecular complexity index is 683. The van der Waals surface area contributed by atoms with Crippen LogP contribution in [0.2, 0.25) is 0 Å². The first-order chi connectivity index (χ1) is 10.4. The van der Waals surface area contributed by atoms with Crippen molar-refractivity contribution in [3.05, 3.63) is 35.9 Å². The van der Waals surface area contributed by atoms with Gasteiger partial charge in [-0.2, -0.15) is 0 Å². The van der Waals surface area contributed by atoms with Crippen LogP contribution in [0.15, 0.2) is 35.2 Å². The van der Waals surface area contributed by atoms with Gasteiger partial charge in [-0.05, 0) is 43.4 Å². The Kier molecular flexibility index (Phi) is 5.20. The number of sulfonamides is 1. The van der Waals surface area contributed by atoms with E-state index in [1.165, 1.54) is 25.3 Å². The van der Waals surface area contributed by atoms with Crippen LogP contribution >= 0.6 is 0 Å². The van der Waals surface area contributed by atoms with E-state index in [4.69, 9.17) is 9.88 Å². The molecule has 3 N–H and O–H groups in total. The van der Waals surface area contributed by atoms with E-state index in [2.05, 4.69) is 17.5 Å². The molecule has 0 spiro atoms. The summed E-state index contributed by atoms with van der Waals surface area (Å²) in [6.07, 6.45) is 7.28. The zero-order chi connectivity index (χ0) is 16.2. The van der Waals surface area contributed by atoms with E-state index >= 15 is 0 Å². The summed E-state index contributed by atoms with van der Waals surface area (Å²) in [4.78, 5) is 12.0. The number of hydrogen-bond donors (Lipinski definition) is 2. The van der Waals surface area contributed by atoms with Gasteiger partial charge in [-0.15, -0.1) is 0 Å². The third kappa shape index (κ3) is 4.08. The number of allylic oxidation sites excluding steroid dienone is 2. The van der Waals surface area contributed by atoms with Crippen molar-refractivity contribution in [2.45, 2.75) is 24.2 Å². The summed E-state index contributed by atoms with van der Waals surface area (Å²) in [6.45, 7) is 0.569. The summed E-state index contributed by atoms with van der Waals surface area (Å²) in [7, 11) is -2.60. The summed E-state index contributed by atoms with van der Waals surface area (Å²) in [5.74, 6) is 0.225. The molecule has 1 aliphatic carbocycles. The fourth-order valence-electron chi connectivity index (χ4n) is 2.42. The molecule has 0 aromatic heterocycles. The molecular weight excluding hydrogens is 304 g/mol. The molecule has 22 heavy (non-hydrogen) atoms. The maximum atomic E-state index is 12.2. The highest BCUT2D eigenvalue weighted by molar-refractivity contribution is 7.89. The first kappa shape index (κ1) is 16.5. The van der Waals surface area contributed by atoms with Crippen LogP contribution < -0.4 is 15.2 Å². The molecule has 2 rings (SSSR count). The van der Waals surface area contributed by atoms with Crippen LogP contribution in [0.4, 0.5) is 0 Å². The molecule has 1 aromatic rings. The predicted molar refractivity (Wildman–Crippen MR) is 83.2 cm³/mol. The molecule has 0 aliphatic heterocycles. The minimum Gasteiger partial charge on any atom is -0.495 e. The van der Waals surface area contributed by atoms with Crippen molar-refractivity contribution in [2.75, 3.05) is 13.7 Å². The molecule has 120 valence electrons. The van der Waals surface area contributed by atoms with Crippen molar-refractivity contribution in [2.24, 2.45) is 11.1 Å². The van der Waals surface area contributed by atoms with E-state index in [9.17, 15) is 13.2 Å². The molecular formula is C15H20N2O4S. The summed E-state index contributed by atoms with van der Waals surface area (Å²) in [5.41, 5.74) is 0.246. The van der Waals surface area contributed by atoms with Gasteiger partial charge >= 0.3 is 0 Å². The third-order valence-corrected chi connectivity index (χ3v) is 4.59. The number of ether oxygens (including phenoxy) is 1. The van der Waals surface area contributed by atoms with E-state index in [0.29, 0.717) is 12.5 Å². The van der Waals surface area contributed by atoms with Gasteiger partial charge in [-0.3, -0.25) is 4.79 Å². The first-order valence-electron chi connectivity index (χ1n) is 7.06. The third-order valence-electron chi connectivity index (χ3n) is 3.66. The first-order valence-corrected chi connectivity index (χ1v) is 8.60. The second-order valence-corrected chi connectivity index (χ2v) is 6.80. The van der Waals surface area contributed by atoms with E-state index in [1.807, 2.05) is 0 Å².